The second kappa shape index (κ2) is 7.17. The van der Waals surface area contributed by atoms with Crippen LogP contribution in [0.4, 0.5) is 0 Å². The second-order valence-corrected chi connectivity index (χ2v) is 8.08. The van der Waals surface area contributed by atoms with Gasteiger partial charge in [-0.25, -0.2) is 0 Å². The summed E-state index contributed by atoms with van der Waals surface area (Å²) in [5, 5.41) is 10.7. The van der Waals surface area contributed by atoms with Gasteiger partial charge in [-0.1, -0.05) is 24.3 Å². The molecule has 4 rings (SSSR count). The molecule has 2 atom stereocenters. The van der Waals surface area contributed by atoms with Crippen LogP contribution in [0, 0.1) is 12.8 Å². The van der Waals surface area contributed by atoms with Crippen LogP contribution in [0.3, 0.4) is 0 Å². The van der Waals surface area contributed by atoms with Gasteiger partial charge in [-0.2, -0.15) is 0 Å². The van der Waals surface area contributed by atoms with Crippen molar-refractivity contribution < 1.29 is 9.90 Å². The maximum absolute atomic E-state index is 11.6. The number of carbonyl (C=O) groups is 1. The van der Waals surface area contributed by atoms with Crippen LogP contribution in [0.25, 0.3) is 10.1 Å². The zero-order valence-corrected chi connectivity index (χ0v) is 15.6. The molecule has 1 N–H and O–H groups in total. The van der Waals surface area contributed by atoms with E-state index in [4.69, 9.17) is 4.98 Å². The number of carboxylic acids is 1. The average Bonchev–Trinajstić information content (AvgIpc) is 3.05. The maximum atomic E-state index is 11.6. The van der Waals surface area contributed by atoms with E-state index < -0.39 is 5.97 Å². The van der Waals surface area contributed by atoms with E-state index >= 15 is 0 Å². The Morgan fingerprint density at radius 2 is 2.12 bits per heavy atom. The Hall–Kier alpha value is -2.24. The van der Waals surface area contributed by atoms with Crippen molar-refractivity contribution >= 4 is 27.4 Å². The summed E-state index contributed by atoms with van der Waals surface area (Å²) in [6.45, 7) is 3.48. The van der Waals surface area contributed by atoms with Crippen LogP contribution in [-0.4, -0.2) is 34.0 Å². The third kappa shape index (κ3) is 3.37. The van der Waals surface area contributed by atoms with Crippen LogP contribution in [0.15, 0.2) is 48.5 Å². The predicted octanol–water partition coefficient (Wildman–Crippen LogP) is 4.49. The Kier molecular flexibility index (Phi) is 4.74. The summed E-state index contributed by atoms with van der Waals surface area (Å²) in [5.74, 6) is -0.993. The third-order valence-electron chi connectivity index (χ3n) is 5.07. The topological polar surface area (TPSA) is 53.4 Å². The summed E-state index contributed by atoms with van der Waals surface area (Å²) in [4.78, 5) is 19.9. The number of aliphatic carboxylic acids is 1. The third-order valence-corrected chi connectivity index (χ3v) is 6.24. The molecule has 2 aromatic heterocycles. The molecule has 3 heterocycles. The van der Waals surface area contributed by atoms with Gasteiger partial charge >= 0.3 is 5.97 Å². The number of piperidine rings is 1. The second-order valence-electron chi connectivity index (χ2n) is 6.97. The van der Waals surface area contributed by atoms with E-state index in [2.05, 4.69) is 41.3 Å². The molecule has 134 valence electrons. The van der Waals surface area contributed by atoms with Crippen LogP contribution >= 0.6 is 11.3 Å². The SMILES string of the molecule is Cc1cccc(C(c2cc3ccccc3s2)N2CCCC(C(=O)O)C2)n1. The van der Waals surface area contributed by atoms with Crippen molar-refractivity contribution in [3.63, 3.8) is 0 Å². The number of hydrogen-bond acceptors (Lipinski definition) is 4. The van der Waals surface area contributed by atoms with Crippen molar-refractivity contribution in [2.45, 2.75) is 25.8 Å². The summed E-state index contributed by atoms with van der Waals surface area (Å²) >= 11 is 1.78. The van der Waals surface area contributed by atoms with Crippen LogP contribution in [0.5, 0.6) is 0 Å². The van der Waals surface area contributed by atoms with Gasteiger partial charge in [-0.3, -0.25) is 14.7 Å². The van der Waals surface area contributed by atoms with E-state index in [1.807, 2.05) is 19.1 Å². The molecule has 0 amide bonds. The molecule has 0 radical (unpaired) electrons. The van der Waals surface area contributed by atoms with Crippen LogP contribution in [0.2, 0.25) is 0 Å². The molecular formula is C21H22N2O2S. The zero-order chi connectivity index (χ0) is 18.1. The highest BCUT2D eigenvalue weighted by molar-refractivity contribution is 7.19. The minimum atomic E-state index is -0.693. The largest absolute Gasteiger partial charge is 0.481 e. The number of thiophene rings is 1. The first-order chi connectivity index (χ1) is 12.6. The molecule has 3 aromatic rings. The number of pyridine rings is 1. The minimum Gasteiger partial charge on any atom is -0.481 e. The van der Waals surface area contributed by atoms with Gasteiger partial charge in [-0.05, 0) is 56.0 Å². The van der Waals surface area contributed by atoms with Crippen molar-refractivity contribution in [1.29, 1.82) is 0 Å². The van der Waals surface area contributed by atoms with Crippen molar-refractivity contribution in [2.24, 2.45) is 5.92 Å². The lowest BCUT2D eigenvalue weighted by atomic mass is 9.95. The van der Waals surface area contributed by atoms with Gasteiger partial charge in [0.25, 0.3) is 0 Å². The first kappa shape index (κ1) is 17.2. The number of hydrogen-bond donors (Lipinski definition) is 1. The van der Waals surface area contributed by atoms with Gasteiger partial charge < -0.3 is 5.11 Å². The lowest BCUT2D eigenvalue weighted by Crippen LogP contribution is -2.41. The van der Waals surface area contributed by atoms with E-state index in [9.17, 15) is 9.90 Å². The molecule has 5 heteroatoms. The highest BCUT2D eigenvalue weighted by Crippen LogP contribution is 2.38. The summed E-state index contributed by atoms with van der Waals surface area (Å²) < 4.78 is 1.26. The number of benzene rings is 1. The smallest absolute Gasteiger partial charge is 0.307 e. The van der Waals surface area contributed by atoms with Gasteiger partial charge in [0.1, 0.15) is 0 Å². The Morgan fingerprint density at radius 1 is 1.27 bits per heavy atom. The van der Waals surface area contributed by atoms with Crippen molar-refractivity contribution in [2.75, 3.05) is 13.1 Å². The fourth-order valence-corrected chi connectivity index (χ4v) is 5.02. The van der Waals surface area contributed by atoms with E-state index in [0.717, 1.165) is 30.8 Å². The molecule has 1 aliphatic heterocycles. The molecule has 0 bridgehead atoms. The average molecular weight is 366 g/mol. The monoisotopic (exact) mass is 366 g/mol. The van der Waals surface area contributed by atoms with Gasteiger partial charge in [0.05, 0.1) is 17.7 Å². The number of aromatic nitrogens is 1. The number of carboxylic acid groups (broad SMARTS) is 1. The first-order valence-corrected chi connectivity index (χ1v) is 9.82. The summed E-state index contributed by atoms with van der Waals surface area (Å²) in [6.07, 6.45) is 1.66. The summed E-state index contributed by atoms with van der Waals surface area (Å²) in [5.41, 5.74) is 1.99. The first-order valence-electron chi connectivity index (χ1n) is 9.01. The lowest BCUT2D eigenvalue weighted by Gasteiger charge is -2.36. The molecule has 1 aromatic carbocycles. The van der Waals surface area contributed by atoms with Gasteiger partial charge in [0.2, 0.25) is 0 Å². The number of rotatable bonds is 4. The fraction of sp³-hybridized carbons (Fsp3) is 0.333. The molecule has 2 unspecified atom stereocenters. The number of likely N-dealkylation sites (tertiary alicyclic amines) is 1. The van der Waals surface area contributed by atoms with E-state index in [1.54, 1.807) is 11.3 Å². The standard InChI is InChI=1S/C21H22N2O2S/c1-14-6-4-9-17(22-14)20(23-11-5-8-16(13-23)21(24)25)19-12-15-7-2-3-10-18(15)26-19/h2-4,6-7,9-10,12,16,20H,5,8,11,13H2,1H3,(H,24,25). The quantitative estimate of drug-likeness (QED) is 0.739. The van der Waals surface area contributed by atoms with Crippen molar-refractivity contribution in [3.05, 3.63) is 64.8 Å². The van der Waals surface area contributed by atoms with Crippen LogP contribution in [-0.2, 0) is 4.79 Å². The van der Waals surface area contributed by atoms with E-state index in [1.165, 1.54) is 15.0 Å². The summed E-state index contributed by atoms with van der Waals surface area (Å²) in [6, 6.07) is 16.7. The van der Waals surface area contributed by atoms with E-state index in [-0.39, 0.29) is 12.0 Å². The number of aryl methyl sites for hydroxylation is 1. The Morgan fingerprint density at radius 3 is 2.88 bits per heavy atom. The van der Waals surface area contributed by atoms with E-state index in [0.29, 0.717) is 6.54 Å². The maximum Gasteiger partial charge on any atom is 0.307 e. The van der Waals surface area contributed by atoms with Crippen molar-refractivity contribution in [3.8, 4) is 0 Å². The molecule has 1 aliphatic rings. The minimum absolute atomic E-state index is 0.00875. The predicted molar refractivity (Wildman–Crippen MR) is 105 cm³/mol. The van der Waals surface area contributed by atoms with Crippen LogP contribution in [0.1, 0.15) is 35.1 Å². The Labute approximate surface area is 157 Å². The van der Waals surface area contributed by atoms with Gasteiger partial charge in [0, 0.05) is 21.8 Å². The Balaban J connectivity index is 1.77. The highest BCUT2D eigenvalue weighted by Gasteiger charge is 2.32. The molecule has 0 saturated carbocycles. The highest BCUT2D eigenvalue weighted by atomic mass is 32.1. The van der Waals surface area contributed by atoms with Crippen molar-refractivity contribution in [1.82, 2.24) is 9.88 Å². The normalized spacial score (nSPS) is 19.5. The Bertz CT molecular complexity index is 903. The molecule has 26 heavy (non-hydrogen) atoms. The zero-order valence-electron chi connectivity index (χ0n) is 14.8. The summed E-state index contributed by atoms with van der Waals surface area (Å²) in [7, 11) is 0. The van der Waals surface area contributed by atoms with Gasteiger partial charge in [-0.15, -0.1) is 11.3 Å². The molecule has 4 nitrogen and oxygen atoms in total. The fourth-order valence-electron chi connectivity index (χ4n) is 3.81. The molecule has 0 spiro atoms. The van der Waals surface area contributed by atoms with Gasteiger partial charge in [0.15, 0.2) is 0 Å². The number of nitrogens with zero attached hydrogens (tertiary/aromatic N) is 2. The number of fused-ring (bicyclic) bond motifs is 1. The molecule has 1 saturated heterocycles. The lowest BCUT2D eigenvalue weighted by molar-refractivity contribution is -0.143. The molecule has 1 fully saturated rings. The van der Waals surface area contributed by atoms with Crippen LogP contribution < -0.4 is 0 Å². The molecule has 0 aliphatic carbocycles. The molecular weight excluding hydrogens is 344 g/mol.